The summed E-state index contributed by atoms with van der Waals surface area (Å²) in [5, 5.41) is 0. The van der Waals surface area contributed by atoms with Crippen molar-refractivity contribution in [3.63, 3.8) is 0 Å². The topological polar surface area (TPSA) is 58.0 Å². The third kappa shape index (κ3) is 8.34. The molecule has 52 heavy (non-hydrogen) atoms. The van der Waals surface area contributed by atoms with E-state index in [2.05, 4.69) is 145 Å². The van der Waals surface area contributed by atoms with E-state index >= 15 is 0 Å². The molecule has 266 valence electrons. The fourth-order valence-corrected chi connectivity index (χ4v) is 8.12. The monoisotopic (exact) mass is 865 g/mol. The first-order chi connectivity index (χ1) is 24.9. The molecule has 6 aromatic rings. The minimum atomic E-state index is 0. The van der Waals surface area contributed by atoms with E-state index < -0.39 is 0 Å². The van der Waals surface area contributed by atoms with Crippen molar-refractivity contribution in [1.82, 2.24) is 19.9 Å². The maximum absolute atomic E-state index is 5.06. The van der Waals surface area contributed by atoms with Crippen molar-refractivity contribution in [2.24, 2.45) is 10.8 Å². The first-order valence-electron chi connectivity index (χ1n) is 18.3. The van der Waals surface area contributed by atoms with Crippen LogP contribution in [0.2, 0.25) is 0 Å². The van der Waals surface area contributed by atoms with Crippen LogP contribution in [0.15, 0.2) is 134 Å². The van der Waals surface area contributed by atoms with Gasteiger partial charge in [-0.1, -0.05) is 62.4 Å². The number of hydrogen-bond acceptors (Lipinski definition) is 6. The van der Waals surface area contributed by atoms with Crippen LogP contribution >= 0.6 is 0 Å². The van der Waals surface area contributed by atoms with E-state index in [1.807, 2.05) is 12.4 Å². The summed E-state index contributed by atoms with van der Waals surface area (Å²) in [6, 6.07) is 42.8. The molecule has 2 saturated heterocycles. The quantitative estimate of drug-likeness (QED) is 0.137. The molecule has 0 aliphatic carbocycles. The summed E-state index contributed by atoms with van der Waals surface area (Å²) in [5.74, 6) is 0. The van der Waals surface area contributed by atoms with Crippen LogP contribution in [0.3, 0.4) is 0 Å². The number of pyridine rings is 4. The Hall–Kier alpha value is -4.67. The number of para-hydroxylation sites is 2. The third-order valence-electron chi connectivity index (χ3n) is 10.8. The van der Waals surface area contributed by atoms with Crippen molar-refractivity contribution in [1.29, 1.82) is 0 Å². The molecule has 0 saturated carbocycles. The van der Waals surface area contributed by atoms with Crippen molar-refractivity contribution in [2.45, 2.75) is 46.0 Å². The van der Waals surface area contributed by atoms with Crippen LogP contribution in [0, 0.1) is 10.8 Å². The Morgan fingerprint density at radius 1 is 0.519 bits per heavy atom. The van der Waals surface area contributed by atoms with Gasteiger partial charge in [0.1, 0.15) is 0 Å². The minimum Gasteiger partial charge on any atom is -0.371 e. The van der Waals surface area contributed by atoms with Crippen molar-refractivity contribution in [3.05, 3.63) is 156 Å². The zero-order valence-electron chi connectivity index (χ0n) is 30.1. The van der Waals surface area contributed by atoms with E-state index in [0.29, 0.717) is 6.42 Å². The smallest absolute Gasteiger partial charge is 0.0889 e. The van der Waals surface area contributed by atoms with Gasteiger partial charge in [0.25, 0.3) is 0 Å². The van der Waals surface area contributed by atoms with E-state index in [1.54, 1.807) is 0 Å². The number of nitrogens with zero attached hydrogens (tertiary/aromatic N) is 6. The van der Waals surface area contributed by atoms with Crippen LogP contribution in [0.25, 0.3) is 22.8 Å². The Morgan fingerprint density at radius 2 is 0.962 bits per heavy atom. The summed E-state index contributed by atoms with van der Waals surface area (Å²) < 4.78 is 0. The normalized spacial score (nSPS) is 19.8. The van der Waals surface area contributed by atoms with Crippen LogP contribution < -0.4 is 9.80 Å². The number of anilines is 2. The van der Waals surface area contributed by atoms with E-state index in [9.17, 15) is 0 Å². The van der Waals surface area contributed by atoms with Crippen LogP contribution in [-0.4, -0.2) is 46.1 Å². The predicted molar refractivity (Wildman–Crippen MR) is 208 cm³/mol. The zero-order chi connectivity index (χ0) is 34.7. The van der Waals surface area contributed by atoms with Gasteiger partial charge in [-0.3, -0.25) is 19.9 Å². The van der Waals surface area contributed by atoms with Crippen molar-refractivity contribution < 1.29 is 21.1 Å². The molecule has 8 rings (SSSR count). The average Bonchev–Trinajstić information content (AvgIpc) is 3.75. The number of benzene rings is 2. The second kappa shape index (κ2) is 15.5. The molecule has 0 amide bonds. The predicted octanol–water partition coefficient (Wildman–Crippen LogP) is 9.11. The Kier molecular flexibility index (Phi) is 10.7. The van der Waals surface area contributed by atoms with Gasteiger partial charge in [-0.05, 0) is 120 Å². The fourth-order valence-electron chi connectivity index (χ4n) is 8.12. The Morgan fingerprint density at radius 3 is 1.40 bits per heavy atom. The summed E-state index contributed by atoms with van der Waals surface area (Å²) in [4.78, 5) is 24.6. The van der Waals surface area contributed by atoms with E-state index in [0.717, 1.165) is 73.2 Å². The van der Waals surface area contributed by atoms with E-state index in [-0.39, 0.29) is 31.9 Å². The maximum atomic E-state index is 5.06. The number of aromatic nitrogens is 4. The molecule has 2 aliphatic heterocycles. The van der Waals surface area contributed by atoms with Crippen molar-refractivity contribution in [2.75, 3.05) is 36.0 Å². The van der Waals surface area contributed by atoms with Crippen molar-refractivity contribution >= 4 is 11.4 Å². The molecule has 2 atom stereocenters. The van der Waals surface area contributed by atoms with Gasteiger partial charge < -0.3 is 9.80 Å². The van der Waals surface area contributed by atoms with Crippen molar-refractivity contribution in [3.8, 4) is 22.8 Å². The van der Waals surface area contributed by atoms with Gasteiger partial charge in [-0.25, -0.2) is 0 Å². The van der Waals surface area contributed by atoms with E-state index in [1.165, 1.54) is 35.3 Å². The van der Waals surface area contributed by atoms with Crippen LogP contribution in [0.1, 0.15) is 49.2 Å². The number of hydrogen-bond donors (Lipinski definition) is 0. The van der Waals surface area contributed by atoms with Crippen LogP contribution in [-0.2, 0) is 40.3 Å². The van der Waals surface area contributed by atoms with Gasteiger partial charge in [-0.15, -0.1) is 0 Å². The van der Waals surface area contributed by atoms with Gasteiger partial charge in [0.15, 0.2) is 0 Å². The first-order valence-corrected chi connectivity index (χ1v) is 18.3. The first kappa shape index (κ1) is 35.7. The molecule has 6 heterocycles. The summed E-state index contributed by atoms with van der Waals surface area (Å²) in [6.45, 7) is 9.12. The summed E-state index contributed by atoms with van der Waals surface area (Å²) in [5.41, 5.74) is 11.3. The van der Waals surface area contributed by atoms with Crippen LogP contribution in [0.5, 0.6) is 0 Å². The summed E-state index contributed by atoms with van der Waals surface area (Å²) in [7, 11) is 0. The molecule has 4 aromatic heterocycles. The Bertz CT molecular complexity index is 1960. The molecule has 7 heteroatoms. The summed E-state index contributed by atoms with van der Waals surface area (Å²) in [6.07, 6.45) is 8.89. The zero-order valence-corrected chi connectivity index (χ0v) is 32.3. The fraction of sp³-hybridized carbons (Fsp3) is 0.289. The molecule has 0 radical (unpaired) electrons. The van der Waals surface area contributed by atoms with Gasteiger partial charge in [-0.2, -0.15) is 0 Å². The Balaban J connectivity index is 0.00000420. The summed E-state index contributed by atoms with van der Waals surface area (Å²) >= 11 is 0. The maximum Gasteiger partial charge on any atom is 0.0889 e. The largest absolute Gasteiger partial charge is 0.371 e. The van der Waals surface area contributed by atoms with Crippen LogP contribution in [0.4, 0.5) is 11.4 Å². The van der Waals surface area contributed by atoms with Gasteiger partial charge in [0, 0.05) is 88.8 Å². The molecule has 0 bridgehead atoms. The van der Waals surface area contributed by atoms with Gasteiger partial charge in [0.05, 0.1) is 22.8 Å². The molecular formula is C45H46N6Pt. The Labute approximate surface area is 322 Å². The molecule has 0 N–H and O–H groups in total. The molecule has 2 unspecified atom stereocenters. The third-order valence-corrected chi connectivity index (χ3v) is 10.8. The molecule has 2 aliphatic rings. The average molecular weight is 866 g/mol. The molecule has 6 nitrogen and oxygen atoms in total. The standard InChI is InChI=1S/C45H46N6.Pt/c1-44(21-25-50(32-44)38-13-5-3-6-14-38)30-34-19-23-46-42(27-34)40-17-9-11-36(48-40)29-37-12-10-18-41(49-37)43-28-35(20-24-47-43)31-45(2)22-26-51(33-45)39-15-7-4-8-16-39;/h3-20,23-24,27-28H,21-22,25-26,29-33H2,1-2H3;. The second-order valence-corrected chi connectivity index (χ2v) is 15.3. The van der Waals surface area contributed by atoms with Gasteiger partial charge >= 0.3 is 0 Å². The molecular weight excluding hydrogens is 820 g/mol. The minimum absolute atomic E-state index is 0. The molecule has 0 spiro atoms. The van der Waals surface area contributed by atoms with Gasteiger partial charge in [0.2, 0.25) is 0 Å². The molecule has 2 fully saturated rings. The SMILES string of the molecule is CC1(Cc2ccnc(-c3cccc(Cc4cccc(-c5cc(CC6(C)CCN(c7ccccc7)C6)ccn5)n4)n3)c2)CCN(c2ccccc2)C1.[Pt]. The molecule has 2 aromatic carbocycles. The van der Waals surface area contributed by atoms with E-state index in [4.69, 9.17) is 19.9 Å². The number of rotatable bonds is 10. The second-order valence-electron chi connectivity index (χ2n) is 15.3.